The Balaban J connectivity index is 1.47. The highest BCUT2D eigenvalue weighted by atomic mass is 35.5. The average molecular weight is 358 g/mol. The molecular weight excluding hydrogens is 341 g/mol. The molecule has 3 rings (SSSR count). The van der Waals surface area contributed by atoms with Crippen molar-refractivity contribution in [2.75, 3.05) is 6.54 Å². The highest BCUT2D eigenvalue weighted by Gasteiger charge is 2.23. The fourth-order valence-corrected chi connectivity index (χ4v) is 3.63. The lowest BCUT2D eigenvalue weighted by molar-refractivity contribution is 0.242. The summed E-state index contributed by atoms with van der Waals surface area (Å²) in [5.74, 6) is 1.38. The van der Waals surface area contributed by atoms with Crippen molar-refractivity contribution in [2.24, 2.45) is 5.92 Å². The van der Waals surface area contributed by atoms with E-state index >= 15 is 0 Å². The van der Waals surface area contributed by atoms with Crippen LogP contribution in [0.25, 0.3) is 0 Å². The van der Waals surface area contributed by atoms with Crippen LogP contribution in [-0.2, 0) is 6.42 Å². The molecule has 22 heavy (non-hydrogen) atoms. The van der Waals surface area contributed by atoms with E-state index in [0.717, 1.165) is 12.1 Å². The van der Waals surface area contributed by atoms with Crippen molar-refractivity contribution < 1.29 is 4.79 Å². The second-order valence-corrected chi connectivity index (χ2v) is 7.37. The maximum Gasteiger partial charge on any atom is 0.320 e. The number of urea groups is 1. The molecule has 1 heterocycles. The molecule has 4 nitrogen and oxygen atoms in total. The molecule has 3 N–H and O–H groups in total. The number of rotatable bonds is 5. The summed E-state index contributed by atoms with van der Waals surface area (Å²) in [4.78, 5) is 11.7. The van der Waals surface area contributed by atoms with Crippen LogP contribution < -0.4 is 16.0 Å². The predicted octanol–water partition coefficient (Wildman–Crippen LogP) is 3.71. The molecule has 7 heteroatoms. The lowest BCUT2D eigenvalue weighted by atomic mass is 10.1. The van der Waals surface area contributed by atoms with Gasteiger partial charge in [-0.3, -0.25) is 5.32 Å². The van der Waals surface area contributed by atoms with Crippen molar-refractivity contribution in [3.05, 3.63) is 45.0 Å². The molecule has 1 aliphatic heterocycles. The number of benzene rings is 1. The molecule has 0 bridgehead atoms. The Kier molecular flexibility index (Phi) is 5.06. The molecule has 0 radical (unpaired) electrons. The number of thioether (sulfide) groups is 1. The van der Waals surface area contributed by atoms with Crippen LogP contribution in [0.5, 0.6) is 0 Å². The van der Waals surface area contributed by atoms with E-state index < -0.39 is 0 Å². The molecule has 1 fully saturated rings. The minimum atomic E-state index is -0.164. The van der Waals surface area contributed by atoms with Crippen molar-refractivity contribution in [3.63, 3.8) is 0 Å². The standard InChI is InChI=1S/C15H17Cl2N3OS/c16-11-2-1-3-12(17)10(11)6-14-19-13(8-22-14)20-15(21)18-7-9-4-5-9/h1-3,8-9,14,19H,4-7H2,(H2,18,20,21). The Morgan fingerprint density at radius 2 is 2.05 bits per heavy atom. The summed E-state index contributed by atoms with van der Waals surface area (Å²) >= 11 is 14.0. The maximum absolute atomic E-state index is 11.7. The number of hydrogen-bond donors (Lipinski definition) is 3. The first-order valence-electron chi connectivity index (χ1n) is 7.21. The molecule has 1 aromatic rings. The zero-order chi connectivity index (χ0) is 15.5. The first kappa shape index (κ1) is 15.8. The van der Waals surface area contributed by atoms with Gasteiger partial charge in [0.2, 0.25) is 0 Å². The summed E-state index contributed by atoms with van der Waals surface area (Å²) in [5, 5.41) is 12.3. The van der Waals surface area contributed by atoms with Gasteiger partial charge in [0.1, 0.15) is 5.82 Å². The van der Waals surface area contributed by atoms with Gasteiger partial charge in [-0.1, -0.05) is 29.3 Å². The normalized spacial score (nSPS) is 20.3. The minimum Gasteiger partial charge on any atom is -0.359 e. The molecule has 0 spiro atoms. The second-order valence-electron chi connectivity index (χ2n) is 5.48. The zero-order valence-electron chi connectivity index (χ0n) is 11.9. The lowest BCUT2D eigenvalue weighted by Gasteiger charge is -2.15. The van der Waals surface area contributed by atoms with Crippen LogP contribution in [0.15, 0.2) is 29.4 Å². The van der Waals surface area contributed by atoms with E-state index in [9.17, 15) is 4.79 Å². The number of nitrogens with one attached hydrogen (secondary N) is 3. The van der Waals surface area contributed by atoms with E-state index in [4.69, 9.17) is 23.2 Å². The third-order valence-corrected chi connectivity index (χ3v) is 5.31. The van der Waals surface area contributed by atoms with E-state index in [1.807, 2.05) is 23.6 Å². The Morgan fingerprint density at radius 1 is 1.32 bits per heavy atom. The van der Waals surface area contributed by atoms with Crippen LogP contribution in [0, 0.1) is 5.92 Å². The molecule has 2 amide bonds. The molecule has 0 aromatic heterocycles. The number of carbonyl (C=O) groups excluding carboxylic acids is 1. The van der Waals surface area contributed by atoms with Gasteiger partial charge < -0.3 is 10.6 Å². The van der Waals surface area contributed by atoms with E-state index in [-0.39, 0.29) is 11.4 Å². The van der Waals surface area contributed by atoms with Gasteiger partial charge in [0.25, 0.3) is 0 Å². The van der Waals surface area contributed by atoms with Crippen LogP contribution in [0.4, 0.5) is 4.79 Å². The summed E-state index contributed by atoms with van der Waals surface area (Å²) in [7, 11) is 0. The average Bonchev–Trinajstić information content (AvgIpc) is 3.21. The molecule has 1 atom stereocenters. The molecule has 2 aliphatic rings. The Hall–Kier alpha value is -1.04. The van der Waals surface area contributed by atoms with Crippen LogP contribution in [0.3, 0.4) is 0 Å². The minimum absolute atomic E-state index is 0.108. The SMILES string of the molecule is O=C(NCC1CC1)NC1=CSC(Cc2c(Cl)cccc2Cl)N1. The number of hydrogen-bond acceptors (Lipinski definition) is 3. The van der Waals surface area contributed by atoms with E-state index in [1.54, 1.807) is 11.8 Å². The van der Waals surface area contributed by atoms with Gasteiger partial charge in [-0.2, -0.15) is 0 Å². The highest BCUT2D eigenvalue weighted by Crippen LogP contribution is 2.30. The van der Waals surface area contributed by atoms with Crippen LogP contribution in [-0.4, -0.2) is 17.9 Å². The van der Waals surface area contributed by atoms with E-state index in [2.05, 4.69) is 16.0 Å². The summed E-state index contributed by atoms with van der Waals surface area (Å²) in [6.45, 7) is 0.755. The Morgan fingerprint density at radius 3 is 2.73 bits per heavy atom. The molecule has 1 unspecified atom stereocenters. The molecule has 1 aliphatic carbocycles. The summed E-state index contributed by atoms with van der Waals surface area (Å²) in [6.07, 6.45) is 3.13. The van der Waals surface area contributed by atoms with Gasteiger partial charge in [-0.15, -0.1) is 11.8 Å². The summed E-state index contributed by atoms with van der Waals surface area (Å²) < 4.78 is 0. The Bertz CT molecular complexity index is 584. The van der Waals surface area contributed by atoms with Gasteiger partial charge in [0.05, 0.1) is 5.37 Å². The first-order valence-corrected chi connectivity index (χ1v) is 8.91. The fraction of sp³-hybridized carbons (Fsp3) is 0.400. The van der Waals surface area contributed by atoms with E-state index in [0.29, 0.717) is 28.2 Å². The van der Waals surface area contributed by atoms with Gasteiger partial charge in [-0.25, -0.2) is 4.79 Å². The van der Waals surface area contributed by atoms with Crippen LogP contribution >= 0.6 is 35.0 Å². The number of halogens is 2. The van der Waals surface area contributed by atoms with Crippen LogP contribution in [0.1, 0.15) is 18.4 Å². The zero-order valence-corrected chi connectivity index (χ0v) is 14.2. The fourth-order valence-electron chi connectivity index (χ4n) is 2.19. The monoisotopic (exact) mass is 357 g/mol. The van der Waals surface area contributed by atoms with Crippen molar-refractivity contribution in [1.82, 2.24) is 16.0 Å². The predicted molar refractivity (Wildman–Crippen MR) is 92.0 cm³/mol. The summed E-state index contributed by atoms with van der Waals surface area (Å²) in [5.41, 5.74) is 0.920. The van der Waals surface area contributed by atoms with Gasteiger partial charge >= 0.3 is 6.03 Å². The van der Waals surface area contributed by atoms with Gasteiger partial charge in [0, 0.05) is 28.4 Å². The van der Waals surface area contributed by atoms with Gasteiger partial charge in [-0.05, 0) is 36.5 Å². The third kappa shape index (κ3) is 4.24. The second kappa shape index (κ2) is 7.02. The smallest absolute Gasteiger partial charge is 0.320 e. The van der Waals surface area contributed by atoms with Crippen molar-refractivity contribution in [2.45, 2.75) is 24.6 Å². The van der Waals surface area contributed by atoms with Crippen molar-refractivity contribution >= 4 is 41.0 Å². The molecule has 1 aromatic carbocycles. The maximum atomic E-state index is 11.7. The molecule has 1 saturated carbocycles. The first-order chi connectivity index (χ1) is 10.6. The highest BCUT2D eigenvalue weighted by molar-refractivity contribution is 8.02. The molecule has 0 saturated heterocycles. The quantitative estimate of drug-likeness (QED) is 0.752. The number of amides is 2. The number of carbonyl (C=O) groups is 1. The van der Waals surface area contributed by atoms with Crippen molar-refractivity contribution in [1.29, 1.82) is 0 Å². The van der Waals surface area contributed by atoms with E-state index in [1.165, 1.54) is 12.8 Å². The lowest BCUT2D eigenvalue weighted by Crippen LogP contribution is -2.40. The largest absolute Gasteiger partial charge is 0.359 e. The molecule has 118 valence electrons. The molecular formula is C15H17Cl2N3OS. The topological polar surface area (TPSA) is 53.2 Å². The Labute approximate surface area is 144 Å². The summed E-state index contributed by atoms with van der Waals surface area (Å²) in [6, 6.07) is 5.34. The van der Waals surface area contributed by atoms with Gasteiger partial charge in [0.15, 0.2) is 0 Å². The third-order valence-electron chi connectivity index (χ3n) is 3.61. The van der Waals surface area contributed by atoms with Crippen LogP contribution in [0.2, 0.25) is 10.0 Å². The van der Waals surface area contributed by atoms with Crippen molar-refractivity contribution in [3.8, 4) is 0 Å².